The van der Waals surface area contributed by atoms with Gasteiger partial charge in [-0.3, -0.25) is 4.55 Å². The molecule has 0 saturated carbocycles. The Balaban J connectivity index is 0.00000162. The van der Waals surface area contributed by atoms with Gasteiger partial charge >= 0.3 is 29.6 Å². The van der Waals surface area contributed by atoms with Crippen LogP contribution in [0.3, 0.4) is 0 Å². The molecular formula is C12H11NaO4S. The average Bonchev–Trinajstić information content (AvgIpc) is 2.30. The van der Waals surface area contributed by atoms with E-state index in [1.807, 2.05) is 18.2 Å². The van der Waals surface area contributed by atoms with Gasteiger partial charge in [-0.2, -0.15) is 8.42 Å². The number of benzene rings is 2. The summed E-state index contributed by atoms with van der Waals surface area (Å²) in [5.41, 5.74) is 0. The predicted octanol–water partition coefficient (Wildman–Crippen LogP) is 2.08. The van der Waals surface area contributed by atoms with Crippen LogP contribution in [0.15, 0.2) is 59.5 Å². The van der Waals surface area contributed by atoms with E-state index in [4.69, 9.17) is 9.29 Å². The van der Waals surface area contributed by atoms with E-state index in [2.05, 4.69) is 0 Å². The van der Waals surface area contributed by atoms with Crippen LogP contribution >= 0.6 is 0 Å². The van der Waals surface area contributed by atoms with E-state index in [9.17, 15) is 8.42 Å². The van der Waals surface area contributed by atoms with Crippen molar-refractivity contribution in [2.75, 3.05) is 0 Å². The fraction of sp³-hybridized carbons (Fsp3) is 0. The van der Waals surface area contributed by atoms with Gasteiger partial charge in [0.1, 0.15) is 11.5 Å². The van der Waals surface area contributed by atoms with Crippen molar-refractivity contribution in [1.29, 1.82) is 0 Å². The number of hydrogen-bond acceptors (Lipinski definition) is 3. The normalized spacial score (nSPS) is 10.5. The summed E-state index contributed by atoms with van der Waals surface area (Å²) in [6, 6.07) is 14.7. The third-order valence-corrected chi connectivity index (χ3v) is 2.97. The molecule has 0 radical (unpaired) electrons. The summed E-state index contributed by atoms with van der Waals surface area (Å²) in [5, 5.41) is 0. The first kappa shape index (κ1) is 15.2. The van der Waals surface area contributed by atoms with E-state index in [1.165, 1.54) is 24.3 Å². The molecule has 0 bridgehead atoms. The van der Waals surface area contributed by atoms with E-state index in [-0.39, 0.29) is 34.5 Å². The summed E-state index contributed by atoms with van der Waals surface area (Å²) in [6.45, 7) is 0. The minimum atomic E-state index is -4.15. The van der Waals surface area contributed by atoms with E-state index in [0.717, 1.165) is 0 Å². The van der Waals surface area contributed by atoms with Gasteiger partial charge in [0.15, 0.2) is 0 Å². The Morgan fingerprint density at radius 3 is 1.83 bits per heavy atom. The van der Waals surface area contributed by atoms with Gasteiger partial charge in [0.25, 0.3) is 10.1 Å². The van der Waals surface area contributed by atoms with Crippen LogP contribution < -0.4 is 4.74 Å². The van der Waals surface area contributed by atoms with Crippen molar-refractivity contribution < 1.29 is 17.7 Å². The Labute approximate surface area is 128 Å². The summed E-state index contributed by atoms with van der Waals surface area (Å²) in [4.78, 5) is -0.155. The van der Waals surface area contributed by atoms with Crippen LogP contribution in [0, 0.1) is 0 Å². The fourth-order valence-corrected chi connectivity index (χ4v) is 1.78. The van der Waals surface area contributed by atoms with E-state index in [1.54, 1.807) is 12.1 Å². The molecule has 0 unspecified atom stereocenters. The molecule has 2 aromatic carbocycles. The molecule has 0 fully saturated rings. The molecule has 0 heterocycles. The Bertz CT molecular complexity index is 594. The molecule has 0 saturated heterocycles. The van der Waals surface area contributed by atoms with Gasteiger partial charge in [0, 0.05) is 0 Å². The molecule has 4 nitrogen and oxygen atoms in total. The van der Waals surface area contributed by atoms with Crippen LogP contribution in [0.25, 0.3) is 0 Å². The summed E-state index contributed by atoms with van der Waals surface area (Å²) in [7, 11) is -4.15. The zero-order valence-electron chi connectivity index (χ0n) is 8.78. The third-order valence-electron chi connectivity index (χ3n) is 2.10. The molecule has 0 amide bonds. The fourth-order valence-electron chi connectivity index (χ4n) is 1.30. The van der Waals surface area contributed by atoms with Crippen molar-refractivity contribution in [1.82, 2.24) is 0 Å². The molecular weight excluding hydrogens is 263 g/mol. The topological polar surface area (TPSA) is 63.6 Å². The summed E-state index contributed by atoms with van der Waals surface area (Å²) >= 11 is 0. The van der Waals surface area contributed by atoms with Crippen LogP contribution in [0.5, 0.6) is 11.5 Å². The molecule has 0 aliphatic rings. The molecule has 18 heavy (non-hydrogen) atoms. The van der Waals surface area contributed by atoms with Gasteiger partial charge < -0.3 is 4.74 Å². The van der Waals surface area contributed by atoms with Crippen LogP contribution in [0.2, 0.25) is 0 Å². The molecule has 0 aromatic heterocycles. The number of rotatable bonds is 3. The van der Waals surface area contributed by atoms with Crippen LogP contribution in [0.1, 0.15) is 0 Å². The molecule has 6 heteroatoms. The van der Waals surface area contributed by atoms with Gasteiger partial charge in [-0.05, 0) is 36.4 Å². The standard InChI is InChI=1S/C12H10O4S.Na.H/c13-17(14,15)12-8-6-11(7-9-12)16-10-4-2-1-3-5-10;;/h1-9H,(H,13,14,15);;. The van der Waals surface area contributed by atoms with Crippen molar-refractivity contribution in [3.63, 3.8) is 0 Å². The van der Waals surface area contributed by atoms with Crippen molar-refractivity contribution in [3.8, 4) is 11.5 Å². The molecule has 0 aliphatic carbocycles. The monoisotopic (exact) mass is 274 g/mol. The average molecular weight is 274 g/mol. The number of para-hydroxylation sites is 1. The maximum absolute atomic E-state index is 10.8. The van der Waals surface area contributed by atoms with Gasteiger partial charge in [-0.25, -0.2) is 0 Å². The second kappa shape index (κ2) is 6.36. The summed E-state index contributed by atoms with van der Waals surface area (Å²) in [5.74, 6) is 1.16. The Hall–Kier alpha value is -0.850. The number of hydrogen-bond donors (Lipinski definition) is 1. The summed E-state index contributed by atoms with van der Waals surface area (Å²) < 4.78 is 35.9. The van der Waals surface area contributed by atoms with Crippen molar-refractivity contribution in [2.24, 2.45) is 0 Å². The SMILES string of the molecule is O=S(=O)(O)c1ccc(Oc2ccccc2)cc1.[NaH]. The van der Waals surface area contributed by atoms with Crippen LogP contribution in [-0.2, 0) is 10.1 Å². The molecule has 0 spiro atoms. The van der Waals surface area contributed by atoms with Gasteiger partial charge in [0.05, 0.1) is 4.90 Å². The Morgan fingerprint density at radius 1 is 0.833 bits per heavy atom. The molecule has 2 rings (SSSR count). The van der Waals surface area contributed by atoms with Gasteiger partial charge in [-0.15, -0.1) is 0 Å². The Kier molecular flexibility index (Phi) is 5.37. The third kappa shape index (κ3) is 4.12. The predicted molar refractivity (Wildman–Crippen MR) is 69.9 cm³/mol. The molecule has 90 valence electrons. The first-order chi connectivity index (χ1) is 8.05. The molecule has 0 atom stereocenters. The second-order valence-corrected chi connectivity index (χ2v) is 4.78. The van der Waals surface area contributed by atoms with E-state index in [0.29, 0.717) is 11.5 Å². The first-order valence-electron chi connectivity index (χ1n) is 4.86. The quantitative estimate of drug-likeness (QED) is 0.687. The van der Waals surface area contributed by atoms with E-state index < -0.39 is 10.1 Å². The molecule has 2 aromatic rings. The molecule has 0 aliphatic heterocycles. The van der Waals surface area contributed by atoms with Crippen molar-refractivity contribution in [3.05, 3.63) is 54.6 Å². The zero-order chi connectivity index (χ0) is 12.3. The Morgan fingerprint density at radius 2 is 1.33 bits per heavy atom. The van der Waals surface area contributed by atoms with Gasteiger partial charge in [-0.1, -0.05) is 18.2 Å². The van der Waals surface area contributed by atoms with Gasteiger partial charge in [0.2, 0.25) is 0 Å². The zero-order valence-corrected chi connectivity index (χ0v) is 9.59. The first-order valence-corrected chi connectivity index (χ1v) is 6.30. The van der Waals surface area contributed by atoms with Crippen LogP contribution in [0.4, 0.5) is 0 Å². The second-order valence-electron chi connectivity index (χ2n) is 3.36. The molecule has 1 N–H and O–H groups in total. The number of ether oxygens (including phenoxy) is 1. The maximum atomic E-state index is 10.8. The summed E-state index contributed by atoms with van der Waals surface area (Å²) in [6.07, 6.45) is 0. The van der Waals surface area contributed by atoms with Crippen LogP contribution in [-0.4, -0.2) is 42.5 Å². The van der Waals surface area contributed by atoms with Crippen molar-refractivity contribution >= 4 is 39.7 Å². The van der Waals surface area contributed by atoms with Crippen molar-refractivity contribution in [2.45, 2.75) is 4.90 Å². The minimum absolute atomic E-state index is 0. The van der Waals surface area contributed by atoms with E-state index >= 15 is 0 Å².